The maximum absolute atomic E-state index is 11.3. The van der Waals surface area contributed by atoms with Crippen LogP contribution in [-0.2, 0) is 9.53 Å². The van der Waals surface area contributed by atoms with Gasteiger partial charge in [-0.15, -0.1) is 0 Å². The summed E-state index contributed by atoms with van der Waals surface area (Å²) in [6, 6.07) is 0. The van der Waals surface area contributed by atoms with Crippen molar-refractivity contribution in [2.75, 3.05) is 52.5 Å². The average Bonchev–Trinajstić information content (AvgIpc) is 2.64. The molecule has 1 fully saturated rings. The number of primary amides is 1. The lowest BCUT2D eigenvalue weighted by molar-refractivity contribution is -0.123. The van der Waals surface area contributed by atoms with E-state index >= 15 is 0 Å². The van der Waals surface area contributed by atoms with Gasteiger partial charge in [0.1, 0.15) is 0 Å². The highest BCUT2D eigenvalue weighted by molar-refractivity contribution is 5.79. The van der Waals surface area contributed by atoms with Gasteiger partial charge in [-0.25, -0.2) is 0 Å². The van der Waals surface area contributed by atoms with Crippen LogP contribution in [0.2, 0.25) is 0 Å². The molecule has 1 aliphatic heterocycles. The Balaban J connectivity index is 2.16. The van der Waals surface area contributed by atoms with Crippen LogP contribution in [0.5, 0.6) is 0 Å². The van der Waals surface area contributed by atoms with Crippen LogP contribution in [0.4, 0.5) is 0 Å². The summed E-state index contributed by atoms with van der Waals surface area (Å²) in [5.74, 6) is 0.734. The van der Waals surface area contributed by atoms with Gasteiger partial charge in [0, 0.05) is 39.4 Å². The largest absolute Gasteiger partial charge is 0.381 e. The molecular formula is C19H39N5O2. The van der Waals surface area contributed by atoms with E-state index in [1.807, 2.05) is 0 Å². The molecule has 0 aromatic heterocycles. The lowest BCUT2D eigenvalue weighted by atomic mass is 9.97. The normalized spacial score (nSPS) is 18.7. The third-order valence-corrected chi connectivity index (χ3v) is 4.55. The monoisotopic (exact) mass is 369 g/mol. The standard InChI is InChI=1S/C19H39N5O2/c1-3-5-14-26-15-8-11-23-19(21-4-2)22-10-7-13-24-12-6-9-17(16-24)18(20)25/h17H,3-16H2,1-2H3,(H2,20,25)(H2,21,22,23). The molecule has 26 heavy (non-hydrogen) atoms. The van der Waals surface area contributed by atoms with Gasteiger partial charge in [0.25, 0.3) is 0 Å². The minimum Gasteiger partial charge on any atom is -0.381 e. The van der Waals surface area contributed by atoms with Gasteiger partial charge in [0.2, 0.25) is 5.91 Å². The Morgan fingerprint density at radius 2 is 2.04 bits per heavy atom. The third-order valence-electron chi connectivity index (χ3n) is 4.55. The minimum atomic E-state index is -0.159. The van der Waals surface area contributed by atoms with E-state index in [0.29, 0.717) is 0 Å². The third kappa shape index (κ3) is 10.6. The fourth-order valence-corrected chi connectivity index (χ4v) is 3.05. The van der Waals surface area contributed by atoms with Gasteiger partial charge in [0.15, 0.2) is 5.96 Å². The topological polar surface area (TPSA) is 92.0 Å². The van der Waals surface area contributed by atoms with Crippen molar-refractivity contribution in [3.63, 3.8) is 0 Å². The predicted molar refractivity (Wildman–Crippen MR) is 107 cm³/mol. The maximum Gasteiger partial charge on any atom is 0.221 e. The van der Waals surface area contributed by atoms with Gasteiger partial charge in [-0.05, 0) is 52.1 Å². The summed E-state index contributed by atoms with van der Waals surface area (Å²) in [6.45, 7) is 11.2. The van der Waals surface area contributed by atoms with Gasteiger partial charge < -0.3 is 26.0 Å². The first-order chi connectivity index (χ1) is 12.7. The number of ether oxygens (including phenoxy) is 1. The number of unbranched alkanes of at least 4 members (excludes halogenated alkanes) is 1. The Morgan fingerprint density at radius 1 is 1.23 bits per heavy atom. The van der Waals surface area contributed by atoms with Crippen LogP contribution in [0.25, 0.3) is 0 Å². The van der Waals surface area contributed by atoms with Gasteiger partial charge >= 0.3 is 0 Å². The van der Waals surface area contributed by atoms with E-state index in [0.717, 1.165) is 90.5 Å². The number of aliphatic imine (C=N–C) groups is 1. The summed E-state index contributed by atoms with van der Waals surface area (Å²) in [5, 5.41) is 6.66. The second kappa shape index (κ2) is 14.8. The fraction of sp³-hybridized carbons (Fsp3) is 0.895. The lowest BCUT2D eigenvalue weighted by Gasteiger charge is -2.31. The molecule has 152 valence electrons. The zero-order valence-corrected chi connectivity index (χ0v) is 16.8. The molecule has 0 spiro atoms. The summed E-state index contributed by atoms with van der Waals surface area (Å²) in [7, 11) is 0. The van der Waals surface area contributed by atoms with Crippen molar-refractivity contribution >= 4 is 11.9 Å². The highest BCUT2D eigenvalue weighted by Crippen LogP contribution is 2.15. The van der Waals surface area contributed by atoms with E-state index in [2.05, 4.69) is 34.4 Å². The van der Waals surface area contributed by atoms with E-state index in [-0.39, 0.29) is 11.8 Å². The van der Waals surface area contributed by atoms with Crippen LogP contribution in [-0.4, -0.2) is 69.2 Å². The SMILES string of the molecule is CCCCOCCCN=C(NCC)NCCCN1CCCC(C(N)=O)C1. The molecule has 1 atom stereocenters. The molecule has 0 aliphatic carbocycles. The fourth-order valence-electron chi connectivity index (χ4n) is 3.05. The number of rotatable bonds is 13. The quantitative estimate of drug-likeness (QED) is 0.259. The first-order valence-electron chi connectivity index (χ1n) is 10.3. The van der Waals surface area contributed by atoms with E-state index in [9.17, 15) is 4.79 Å². The number of guanidine groups is 1. The molecule has 0 radical (unpaired) electrons. The first kappa shape index (κ1) is 22.7. The Labute approximate surface area is 159 Å². The second-order valence-corrected chi connectivity index (χ2v) is 6.90. The molecule has 0 aromatic carbocycles. The van der Waals surface area contributed by atoms with Crippen LogP contribution in [0.15, 0.2) is 4.99 Å². The maximum atomic E-state index is 11.3. The Hall–Kier alpha value is -1.34. The van der Waals surface area contributed by atoms with Crippen LogP contribution >= 0.6 is 0 Å². The number of hydrogen-bond acceptors (Lipinski definition) is 4. The molecule has 1 amide bonds. The van der Waals surface area contributed by atoms with Crippen molar-refractivity contribution in [1.82, 2.24) is 15.5 Å². The predicted octanol–water partition coefficient (Wildman–Crippen LogP) is 1.34. The summed E-state index contributed by atoms with van der Waals surface area (Å²) >= 11 is 0. The summed E-state index contributed by atoms with van der Waals surface area (Å²) < 4.78 is 5.56. The Bertz CT molecular complexity index is 403. The molecular weight excluding hydrogens is 330 g/mol. The van der Waals surface area contributed by atoms with Crippen molar-refractivity contribution < 1.29 is 9.53 Å². The number of carbonyl (C=O) groups excluding carboxylic acids is 1. The number of carbonyl (C=O) groups is 1. The van der Waals surface area contributed by atoms with Crippen molar-refractivity contribution in [3.05, 3.63) is 0 Å². The zero-order chi connectivity index (χ0) is 19.0. The molecule has 1 saturated heterocycles. The number of nitrogens with one attached hydrogen (secondary N) is 2. The minimum absolute atomic E-state index is 0.0233. The van der Waals surface area contributed by atoms with Crippen molar-refractivity contribution in [1.29, 1.82) is 0 Å². The summed E-state index contributed by atoms with van der Waals surface area (Å²) in [4.78, 5) is 18.3. The Morgan fingerprint density at radius 3 is 2.77 bits per heavy atom. The molecule has 0 saturated carbocycles. The molecule has 7 heteroatoms. The number of nitrogens with two attached hydrogens (primary N) is 1. The lowest BCUT2D eigenvalue weighted by Crippen LogP contribution is -2.43. The molecule has 1 heterocycles. The molecule has 0 bridgehead atoms. The van der Waals surface area contributed by atoms with E-state index in [4.69, 9.17) is 10.5 Å². The van der Waals surface area contributed by atoms with Gasteiger partial charge in [-0.2, -0.15) is 0 Å². The van der Waals surface area contributed by atoms with Crippen LogP contribution in [0, 0.1) is 5.92 Å². The highest BCUT2D eigenvalue weighted by atomic mass is 16.5. The first-order valence-corrected chi connectivity index (χ1v) is 10.3. The zero-order valence-electron chi connectivity index (χ0n) is 16.8. The number of piperidine rings is 1. The highest BCUT2D eigenvalue weighted by Gasteiger charge is 2.23. The van der Waals surface area contributed by atoms with Crippen LogP contribution < -0.4 is 16.4 Å². The van der Waals surface area contributed by atoms with Crippen molar-refractivity contribution in [3.8, 4) is 0 Å². The van der Waals surface area contributed by atoms with Gasteiger partial charge in [-0.3, -0.25) is 9.79 Å². The van der Waals surface area contributed by atoms with Crippen LogP contribution in [0.3, 0.4) is 0 Å². The van der Waals surface area contributed by atoms with E-state index in [1.54, 1.807) is 0 Å². The number of hydrogen-bond donors (Lipinski definition) is 3. The average molecular weight is 370 g/mol. The number of amides is 1. The molecule has 4 N–H and O–H groups in total. The molecule has 1 aliphatic rings. The summed E-state index contributed by atoms with van der Waals surface area (Å²) in [6.07, 6.45) is 6.27. The Kier molecular flexibility index (Phi) is 12.9. The number of likely N-dealkylation sites (tertiary alicyclic amines) is 1. The number of nitrogens with zero attached hydrogens (tertiary/aromatic N) is 2. The molecule has 7 nitrogen and oxygen atoms in total. The molecule has 1 unspecified atom stereocenters. The van der Waals surface area contributed by atoms with Crippen molar-refractivity contribution in [2.45, 2.75) is 52.4 Å². The van der Waals surface area contributed by atoms with Crippen LogP contribution in [0.1, 0.15) is 52.4 Å². The van der Waals surface area contributed by atoms with Gasteiger partial charge in [-0.1, -0.05) is 13.3 Å². The smallest absolute Gasteiger partial charge is 0.221 e. The molecule has 1 rings (SSSR count). The molecule has 0 aromatic rings. The second-order valence-electron chi connectivity index (χ2n) is 6.90. The van der Waals surface area contributed by atoms with Gasteiger partial charge in [0.05, 0.1) is 5.92 Å². The van der Waals surface area contributed by atoms with Crippen molar-refractivity contribution in [2.24, 2.45) is 16.6 Å². The summed E-state index contributed by atoms with van der Waals surface area (Å²) in [5.41, 5.74) is 5.44. The van der Waals surface area contributed by atoms with E-state index in [1.165, 1.54) is 6.42 Å². The van der Waals surface area contributed by atoms with E-state index < -0.39 is 0 Å².